The predicted octanol–water partition coefficient (Wildman–Crippen LogP) is 3.75. The van der Waals surface area contributed by atoms with E-state index in [1.54, 1.807) is 24.3 Å². The first-order valence-electron chi connectivity index (χ1n) is 7.97. The van der Waals surface area contributed by atoms with Gasteiger partial charge in [0.25, 0.3) is 0 Å². The second-order valence-electron chi connectivity index (χ2n) is 5.61. The van der Waals surface area contributed by atoms with Crippen LogP contribution in [0.4, 0.5) is 13.2 Å². The molecule has 2 rings (SSSR count). The average Bonchev–Trinajstić information content (AvgIpc) is 2.63. The second-order valence-corrected chi connectivity index (χ2v) is 5.61. The van der Waals surface area contributed by atoms with Crippen molar-refractivity contribution in [3.05, 3.63) is 65.7 Å². The van der Waals surface area contributed by atoms with Gasteiger partial charge in [-0.1, -0.05) is 30.3 Å². The molecule has 0 atom stereocenters. The lowest BCUT2D eigenvalue weighted by Gasteiger charge is -2.09. The lowest BCUT2D eigenvalue weighted by molar-refractivity contribution is -0.137. The van der Waals surface area contributed by atoms with Crippen molar-refractivity contribution in [1.82, 2.24) is 5.32 Å². The number of ether oxygens (including phenoxy) is 1. The van der Waals surface area contributed by atoms with Crippen LogP contribution in [0.1, 0.15) is 24.0 Å². The number of ketones is 1. The number of para-hydroxylation sites is 1. The van der Waals surface area contributed by atoms with Gasteiger partial charge in [0, 0.05) is 19.4 Å². The smallest absolute Gasteiger partial charge is 0.416 e. The van der Waals surface area contributed by atoms with E-state index in [0.29, 0.717) is 11.3 Å². The van der Waals surface area contributed by atoms with Gasteiger partial charge in [-0.3, -0.25) is 9.59 Å². The average molecular weight is 365 g/mol. The third-order valence-corrected chi connectivity index (χ3v) is 3.54. The molecule has 0 saturated carbocycles. The molecule has 26 heavy (non-hydrogen) atoms. The van der Waals surface area contributed by atoms with Gasteiger partial charge in [-0.25, -0.2) is 0 Å². The summed E-state index contributed by atoms with van der Waals surface area (Å²) >= 11 is 0. The molecule has 0 aliphatic heterocycles. The minimum Gasteiger partial charge on any atom is -0.486 e. The maximum atomic E-state index is 12.5. The predicted molar refractivity (Wildman–Crippen MR) is 89.5 cm³/mol. The van der Waals surface area contributed by atoms with E-state index < -0.39 is 11.7 Å². The van der Waals surface area contributed by atoms with Gasteiger partial charge in [0.1, 0.15) is 12.4 Å². The van der Waals surface area contributed by atoms with E-state index >= 15 is 0 Å². The first-order valence-corrected chi connectivity index (χ1v) is 7.97. The molecule has 0 heterocycles. The Morgan fingerprint density at radius 3 is 2.19 bits per heavy atom. The highest BCUT2D eigenvalue weighted by Gasteiger charge is 2.29. The number of nitrogens with one attached hydrogen (secondary N) is 1. The maximum Gasteiger partial charge on any atom is 0.416 e. The van der Waals surface area contributed by atoms with Crippen molar-refractivity contribution < 1.29 is 27.5 Å². The van der Waals surface area contributed by atoms with Crippen molar-refractivity contribution >= 4 is 11.7 Å². The molecule has 2 aromatic rings. The quantitative estimate of drug-likeness (QED) is 0.775. The van der Waals surface area contributed by atoms with E-state index in [-0.39, 0.29) is 37.7 Å². The molecule has 4 nitrogen and oxygen atoms in total. The topological polar surface area (TPSA) is 55.4 Å². The summed E-state index contributed by atoms with van der Waals surface area (Å²) in [6.07, 6.45) is -4.35. The van der Waals surface area contributed by atoms with Gasteiger partial charge in [0.05, 0.1) is 5.56 Å². The number of alkyl halides is 3. The molecule has 0 aromatic heterocycles. The number of rotatable bonds is 8. The van der Waals surface area contributed by atoms with Crippen LogP contribution < -0.4 is 10.1 Å². The van der Waals surface area contributed by atoms with E-state index in [1.807, 2.05) is 6.07 Å². The van der Waals surface area contributed by atoms with Crippen LogP contribution in [0.15, 0.2) is 54.6 Å². The zero-order chi connectivity index (χ0) is 19.0. The lowest BCUT2D eigenvalue weighted by Crippen LogP contribution is -2.24. The summed E-state index contributed by atoms with van der Waals surface area (Å²) in [5, 5.41) is 2.57. The lowest BCUT2D eigenvalue weighted by atomic mass is 10.1. The van der Waals surface area contributed by atoms with E-state index in [1.165, 1.54) is 12.1 Å². The Morgan fingerprint density at radius 2 is 1.58 bits per heavy atom. The third kappa shape index (κ3) is 6.58. The molecule has 0 radical (unpaired) electrons. The Kier molecular flexibility index (Phi) is 6.77. The van der Waals surface area contributed by atoms with Crippen LogP contribution in [0, 0.1) is 0 Å². The number of Topliss-reactive ketones (excluding diaryl/α,β-unsaturated/α-hetero) is 1. The largest absolute Gasteiger partial charge is 0.486 e. The molecular weight excluding hydrogens is 347 g/mol. The molecule has 0 fully saturated rings. The molecule has 0 unspecified atom stereocenters. The molecular formula is C19H18F3NO3. The molecule has 1 N–H and O–H groups in total. The van der Waals surface area contributed by atoms with Crippen molar-refractivity contribution in [2.45, 2.75) is 25.6 Å². The Hall–Kier alpha value is -2.83. The monoisotopic (exact) mass is 365 g/mol. The molecule has 138 valence electrons. The molecule has 2 aromatic carbocycles. The summed E-state index contributed by atoms with van der Waals surface area (Å²) < 4.78 is 42.7. The first-order chi connectivity index (χ1) is 12.3. The molecule has 0 bridgehead atoms. The fourth-order valence-corrected chi connectivity index (χ4v) is 2.11. The minimum absolute atomic E-state index is 0.00236. The van der Waals surface area contributed by atoms with Crippen molar-refractivity contribution in [1.29, 1.82) is 0 Å². The summed E-state index contributed by atoms with van der Waals surface area (Å²) in [6, 6.07) is 13.4. The molecule has 7 heteroatoms. The van der Waals surface area contributed by atoms with Gasteiger partial charge in [0.15, 0.2) is 5.78 Å². The number of benzene rings is 2. The van der Waals surface area contributed by atoms with E-state index in [9.17, 15) is 22.8 Å². The van der Waals surface area contributed by atoms with Gasteiger partial charge < -0.3 is 10.1 Å². The van der Waals surface area contributed by atoms with E-state index in [4.69, 9.17) is 4.74 Å². The second kappa shape index (κ2) is 9.03. The van der Waals surface area contributed by atoms with Gasteiger partial charge >= 0.3 is 6.18 Å². The van der Waals surface area contributed by atoms with Crippen molar-refractivity contribution in [3.63, 3.8) is 0 Å². The maximum absolute atomic E-state index is 12.5. The third-order valence-electron chi connectivity index (χ3n) is 3.54. The fourth-order valence-electron chi connectivity index (χ4n) is 2.11. The number of hydrogen-bond donors (Lipinski definition) is 1. The number of amides is 1. The summed E-state index contributed by atoms with van der Waals surface area (Å²) in [6.45, 7) is -0.0120. The molecule has 1 amide bonds. The van der Waals surface area contributed by atoms with Crippen LogP contribution in [0.2, 0.25) is 0 Å². The highest BCUT2D eigenvalue weighted by molar-refractivity contribution is 5.85. The van der Waals surface area contributed by atoms with Crippen LogP contribution >= 0.6 is 0 Å². The normalized spacial score (nSPS) is 11.0. The SMILES string of the molecule is O=C(CCC(=O)NCc1ccc(C(F)(F)F)cc1)COc1ccccc1. The van der Waals surface area contributed by atoms with Gasteiger partial charge in [0.2, 0.25) is 5.91 Å². The molecule has 0 saturated heterocycles. The zero-order valence-electron chi connectivity index (χ0n) is 13.9. The highest BCUT2D eigenvalue weighted by Crippen LogP contribution is 2.29. The summed E-state index contributed by atoms with van der Waals surface area (Å²) in [5.74, 6) is 0.0177. The van der Waals surface area contributed by atoms with Crippen LogP contribution in [0.25, 0.3) is 0 Å². The van der Waals surface area contributed by atoms with Crippen LogP contribution in [-0.2, 0) is 22.3 Å². The van der Waals surface area contributed by atoms with Gasteiger partial charge in [-0.2, -0.15) is 13.2 Å². The number of carbonyl (C=O) groups is 2. The Morgan fingerprint density at radius 1 is 0.923 bits per heavy atom. The van der Waals surface area contributed by atoms with Gasteiger partial charge in [-0.05, 0) is 29.8 Å². The Labute approximate surface area is 149 Å². The van der Waals surface area contributed by atoms with Crippen LogP contribution in [0.5, 0.6) is 5.75 Å². The highest BCUT2D eigenvalue weighted by atomic mass is 19.4. The summed E-state index contributed by atoms with van der Waals surface area (Å²) in [7, 11) is 0. The van der Waals surface area contributed by atoms with Crippen molar-refractivity contribution in [2.75, 3.05) is 6.61 Å². The van der Waals surface area contributed by atoms with Gasteiger partial charge in [-0.15, -0.1) is 0 Å². The first kappa shape index (κ1) is 19.5. The van der Waals surface area contributed by atoms with E-state index in [2.05, 4.69) is 5.32 Å². The van der Waals surface area contributed by atoms with Crippen LogP contribution in [-0.4, -0.2) is 18.3 Å². The van der Waals surface area contributed by atoms with E-state index in [0.717, 1.165) is 12.1 Å². The molecule has 0 aliphatic carbocycles. The Bertz CT molecular complexity index is 728. The standard InChI is InChI=1S/C19H18F3NO3/c20-19(21,22)15-8-6-14(7-9-15)12-23-18(25)11-10-16(24)13-26-17-4-2-1-3-5-17/h1-9H,10-13H2,(H,23,25). The summed E-state index contributed by atoms with van der Waals surface area (Å²) in [4.78, 5) is 23.5. The van der Waals surface area contributed by atoms with Crippen molar-refractivity contribution in [3.8, 4) is 5.75 Å². The fraction of sp³-hybridized carbons (Fsp3) is 0.263. The van der Waals surface area contributed by atoms with Crippen molar-refractivity contribution in [2.24, 2.45) is 0 Å². The number of halogens is 3. The Balaban J connectivity index is 1.67. The number of hydrogen-bond acceptors (Lipinski definition) is 3. The molecule has 0 spiro atoms. The number of carbonyl (C=O) groups excluding carboxylic acids is 2. The van der Waals surface area contributed by atoms with Crippen LogP contribution in [0.3, 0.4) is 0 Å². The zero-order valence-corrected chi connectivity index (χ0v) is 13.9. The summed E-state index contributed by atoms with van der Waals surface area (Å²) in [5.41, 5.74) is -0.193. The molecule has 0 aliphatic rings. The minimum atomic E-state index is -4.38.